The Morgan fingerprint density at radius 1 is 1.39 bits per heavy atom. The van der Waals surface area contributed by atoms with Gasteiger partial charge in [-0.3, -0.25) is 9.89 Å². The van der Waals surface area contributed by atoms with Gasteiger partial charge in [-0.05, 0) is 32.3 Å². The van der Waals surface area contributed by atoms with Crippen LogP contribution in [0.15, 0.2) is 24.3 Å². The molecule has 1 fully saturated rings. The second kappa shape index (κ2) is 6.81. The van der Waals surface area contributed by atoms with Gasteiger partial charge in [0.05, 0.1) is 19.6 Å². The maximum Gasteiger partial charge on any atom is 0.227 e. The van der Waals surface area contributed by atoms with E-state index in [9.17, 15) is 4.79 Å². The third-order valence-electron chi connectivity index (χ3n) is 4.27. The van der Waals surface area contributed by atoms with Crippen LogP contribution in [0.2, 0.25) is 0 Å². The Bertz CT molecular complexity index is 683. The molecule has 3 rings (SSSR count). The highest BCUT2D eigenvalue weighted by molar-refractivity contribution is 5.80. The monoisotopic (exact) mass is 314 g/mol. The van der Waals surface area contributed by atoms with E-state index in [1.807, 2.05) is 36.1 Å². The van der Waals surface area contributed by atoms with Gasteiger partial charge in [-0.2, -0.15) is 5.10 Å². The molecule has 1 amide bonds. The predicted octanol–water partition coefficient (Wildman–Crippen LogP) is 2.42. The summed E-state index contributed by atoms with van der Waals surface area (Å²) in [6.45, 7) is 2.63. The first-order chi connectivity index (χ1) is 11.2. The van der Waals surface area contributed by atoms with Crippen LogP contribution in [-0.4, -0.2) is 39.6 Å². The van der Waals surface area contributed by atoms with Crippen molar-refractivity contribution in [1.82, 2.24) is 20.1 Å². The van der Waals surface area contributed by atoms with Gasteiger partial charge < -0.3 is 9.64 Å². The van der Waals surface area contributed by atoms with Crippen LogP contribution < -0.4 is 4.74 Å². The van der Waals surface area contributed by atoms with Gasteiger partial charge in [0.15, 0.2) is 5.82 Å². The first kappa shape index (κ1) is 15.5. The molecular weight excluding hydrogens is 292 g/mol. The fourth-order valence-corrected chi connectivity index (χ4v) is 3.12. The molecule has 122 valence electrons. The van der Waals surface area contributed by atoms with Gasteiger partial charge in [-0.1, -0.05) is 18.2 Å². The molecule has 0 aliphatic carbocycles. The number of H-pyrrole nitrogens is 1. The number of para-hydroxylation sites is 1. The third-order valence-corrected chi connectivity index (χ3v) is 4.27. The number of nitrogens with one attached hydrogen (secondary N) is 1. The van der Waals surface area contributed by atoms with E-state index in [1.54, 1.807) is 7.11 Å². The van der Waals surface area contributed by atoms with Crippen LogP contribution in [0.3, 0.4) is 0 Å². The highest BCUT2D eigenvalue weighted by Gasteiger charge is 2.30. The number of hydrogen-bond donors (Lipinski definition) is 1. The number of rotatable bonds is 4. The number of carbonyl (C=O) groups is 1. The normalized spacial score (nSPS) is 18.0. The average molecular weight is 314 g/mol. The molecule has 6 nitrogen and oxygen atoms in total. The zero-order chi connectivity index (χ0) is 16.2. The van der Waals surface area contributed by atoms with E-state index in [-0.39, 0.29) is 11.9 Å². The van der Waals surface area contributed by atoms with Crippen molar-refractivity contribution in [1.29, 1.82) is 0 Å². The fraction of sp³-hybridized carbons (Fsp3) is 0.471. The Morgan fingerprint density at radius 2 is 2.22 bits per heavy atom. The Morgan fingerprint density at radius 3 is 2.96 bits per heavy atom. The summed E-state index contributed by atoms with van der Waals surface area (Å²) in [5.74, 6) is 2.35. The number of methoxy groups -OCH3 is 1. The summed E-state index contributed by atoms with van der Waals surface area (Å²) >= 11 is 0. The van der Waals surface area contributed by atoms with Gasteiger partial charge in [-0.15, -0.1) is 0 Å². The molecule has 1 aliphatic heterocycles. The van der Waals surface area contributed by atoms with Crippen molar-refractivity contribution in [2.45, 2.75) is 38.6 Å². The number of aromatic amines is 1. The molecule has 1 aliphatic rings. The molecular formula is C17H22N4O2. The lowest BCUT2D eigenvalue weighted by atomic mass is 10.00. The molecule has 1 aromatic heterocycles. The van der Waals surface area contributed by atoms with Crippen molar-refractivity contribution in [3.8, 4) is 5.75 Å². The zero-order valence-corrected chi connectivity index (χ0v) is 13.6. The SMILES string of the molecule is COc1ccccc1CC(=O)N1CCCC[C@H]1c1n[nH]c(C)n1. The zero-order valence-electron chi connectivity index (χ0n) is 13.6. The summed E-state index contributed by atoms with van der Waals surface area (Å²) in [6.07, 6.45) is 3.37. The molecule has 23 heavy (non-hydrogen) atoms. The second-order valence-corrected chi connectivity index (χ2v) is 5.87. The van der Waals surface area contributed by atoms with E-state index in [4.69, 9.17) is 4.74 Å². The Hall–Kier alpha value is -2.37. The van der Waals surface area contributed by atoms with Crippen LogP contribution >= 0.6 is 0 Å². The minimum atomic E-state index is -0.0316. The summed E-state index contributed by atoms with van der Waals surface area (Å²) in [5.41, 5.74) is 0.912. The molecule has 1 atom stereocenters. The molecule has 0 saturated carbocycles. The van der Waals surface area contributed by atoms with Crippen LogP contribution in [0, 0.1) is 6.92 Å². The van der Waals surface area contributed by atoms with Crippen molar-refractivity contribution in [3.63, 3.8) is 0 Å². The summed E-state index contributed by atoms with van der Waals surface area (Å²) in [5, 5.41) is 7.13. The van der Waals surface area contributed by atoms with Crippen LogP contribution in [-0.2, 0) is 11.2 Å². The topological polar surface area (TPSA) is 71.1 Å². The predicted molar refractivity (Wildman–Crippen MR) is 86.1 cm³/mol. The summed E-state index contributed by atoms with van der Waals surface area (Å²) in [7, 11) is 1.63. The molecule has 0 bridgehead atoms. The van der Waals surface area contributed by atoms with Gasteiger partial charge in [-0.25, -0.2) is 4.98 Å². The van der Waals surface area contributed by atoms with Crippen LogP contribution in [0.4, 0.5) is 0 Å². The van der Waals surface area contributed by atoms with E-state index in [0.717, 1.165) is 48.8 Å². The van der Waals surface area contributed by atoms with Gasteiger partial charge in [0.2, 0.25) is 5.91 Å². The Labute approximate surface area is 135 Å². The fourth-order valence-electron chi connectivity index (χ4n) is 3.12. The minimum absolute atomic E-state index is 0.0316. The largest absolute Gasteiger partial charge is 0.496 e. The maximum absolute atomic E-state index is 12.8. The lowest BCUT2D eigenvalue weighted by Crippen LogP contribution is -2.39. The number of hydrogen-bond acceptors (Lipinski definition) is 4. The first-order valence-electron chi connectivity index (χ1n) is 7.99. The summed E-state index contributed by atoms with van der Waals surface area (Å²) < 4.78 is 5.35. The van der Waals surface area contributed by atoms with Crippen molar-refractivity contribution >= 4 is 5.91 Å². The highest BCUT2D eigenvalue weighted by atomic mass is 16.5. The summed E-state index contributed by atoms with van der Waals surface area (Å²) in [4.78, 5) is 19.2. The first-order valence-corrected chi connectivity index (χ1v) is 7.99. The standard InChI is InChI=1S/C17H22N4O2/c1-12-18-17(20-19-12)14-8-5-6-10-21(14)16(22)11-13-7-3-4-9-15(13)23-2/h3-4,7,9,14H,5-6,8,10-11H2,1-2H3,(H,18,19,20)/t14-/m0/s1. The van der Waals surface area contributed by atoms with E-state index < -0.39 is 0 Å². The lowest BCUT2D eigenvalue weighted by molar-refractivity contribution is -0.134. The Balaban J connectivity index is 1.79. The van der Waals surface area contributed by atoms with E-state index in [2.05, 4.69) is 15.2 Å². The number of benzene rings is 1. The number of likely N-dealkylation sites (tertiary alicyclic amines) is 1. The maximum atomic E-state index is 12.8. The van der Waals surface area contributed by atoms with Gasteiger partial charge >= 0.3 is 0 Å². The van der Waals surface area contributed by atoms with Crippen LogP contribution in [0.25, 0.3) is 0 Å². The lowest BCUT2D eigenvalue weighted by Gasteiger charge is -2.34. The number of carbonyl (C=O) groups excluding carboxylic acids is 1. The van der Waals surface area contributed by atoms with E-state index in [1.165, 1.54) is 0 Å². The van der Waals surface area contributed by atoms with Gasteiger partial charge in [0.1, 0.15) is 11.6 Å². The van der Waals surface area contributed by atoms with Gasteiger partial charge in [0, 0.05) is 12.1 Å². The third kappa shape index (κ3) is 3.36. The quantitative estimate of drug-likeness (QED) is 0.941. The Kier molecular flexibility index (Phi) is 4.60. The van der Waals surface area contributed by atoms with Crippen LogP contribution in [0.5, 0.6) is 5.75 Å². The van der Waals surface area contributed by atoms with Crippen molar-refractivity contribution < 1.29 is 9.53 Å². The molecule has 6 heteroatoms. The molecule has 2 heterocycles. The van der Waals surface area contributed by atoms with Gasteiger partial charge in [0.25, 0.3) is 0 Å². The van der Waals surface area contributed by atoms with Crippen molar-refractivity contribution in [3.05, 3.63) is 41.5 Å². The number of amides is 1. The molecule has 1 aromatic carbocycles. The number of aromatic nitrogens is 3. The second-order valence-electron chi connectivity index (χ2n) is 5.87. The van der Waals surface area contributed by atoms with E-state index in [0.29, 0.717) is 6.42 Å². The minimum Gasteiger partial charge on any atom is -0.496 e. The smallest absolute Gasteiger partial charge is 0.227 e. The van der Waals surface area contributed by atoms with Crippen LogP contribution in [0.1, 0.15) is 42.5 Å². The molecule has 0 unspecified atom stereocenters. The molecule has 0 spiro atoms. The number of piperidine rings is 1. The van der Waals surface area contributed by atoms with Crippen molar-refractivity contribution in [2.75, 3.05) is 13.7 Å². The highest BCUT2D eigenvalue weighted by Crippen LogP contribution is 2.30. The van der Waals surface area contributed by atoms with E-state index >= 15 is 0 Å². The average Bonchev–Trinajstić information content (AvgIpc) is 3.01. The number of ether oxygens (including phenoxy) is 1. The number of nitrogens with zero attached hydrogens (tertiary/aromatic N) is 3. The molecule has 1 N–H and O–H groups in total. The molecule has 2 aromatic rings. The molecule has 0 radical (unpaired) electrons. The number of aryl methyl sites for hydroxylation is 1. The summed E-state index contributed by atoms with van der Waals surface area (Å²) in [6, 6.07) is 7.63. The molecule has 1 saturated heterocycles. The van der Waals surface area contributed by atoms with Crippen molar-refractivity contribution in [2.24, 2.45) is 0 Å².